The van der Waals surface area contributed by atoms with Crippen molar-refractivity contribution < 1.29 is 32.8 Å². The summed E-state index contributed by atoms with van der Waals surface area (Å²) in [6.45, 7) is 14.2. The predicted molar refractivity (Wildman–Crippen MR) is 217 cm³/mol. The third kappa shape index (κ3) is 12.9. The molecule has 0 saturated carbocycles. The quantitative estimate of drug-likeness (QED) is 0.0581. The molecule has 4 aromatic rings. The Kier molecular flexibility index (Phi) is 15.6. The first-order valence-electron chi connectivity index (χ1n) is 20.7. The fourth-order valence-corrected chi connectivity index (χ4v) is 6.79. The van der Waals surface area contributed by atoms with Gasteiger partial charge in [0.1, 0.15) is 11.5 Å². The van der Waals surface area contributed by atoms with Crippen molar-refractivity contribution in [2.75, 3.05) is 66.1 Å². The van der Waals surface area contributed by atoms with E-state index in [4.69, 9.17) is 32.8 Å². The van der Waals surface area contributed by atoms with Gasteiger partial charge in [0.15, 0.2) is 0 Å². The molecule has 2 aliphatic rings. The highest BCUT2D eigenvalue weighted by Crippen LogP contribution is 2.33. The maximum Gasteiger partial charge on any atom is 0.248 e. The summed E-state index contributed by atoms with van der Waals surface area (Å²) in [7, 11) is 0. The zero-order valence-electron chi connectivity index (χ0n) is 33.5. The highest BCUT2D eigenvalue weighted by Gasteiger charge is 2.34. The molecule has 2 saturated heterocycles. The Morgan fingerprint density at radius 2 is 1.00 bits per heavy atom. The number of hydrogen-bond acceptors (Lipinski definition) is 9. The Hall–Kier alpha value is -3.76. The minimum atomic E-state index is 0.191. The molecule has 9 heteroatoms. The molecule has 3 heterocycles. The molecule has 3 aromatic carbocycles. The summed E-state index contributed by atoms with van der Waals surface area (Å²) in [4.78, 5) is 0. The Labute approximate surface area is 328 Å². The van der Waals surface area contributed by atoms with Gasteiger partial charge in [-0.1, -0.05) is 76.4 Å². The molecule has 0 N–H and O–H groups in total. The fourth-order valence-electron chi connectivity index (χ4n) is 6.79. The first kappa shape index (κ1) is 40.9. The lowest BCUT2D eigenvalue weighted by molar-refractivity contribution is -0.138. The average molecular weight is 755 g/mol. The topological polar surface area (TPSA) is 94.3 Å². The summed E-state index contributed by atoms with van der Waals surface area (Å²) in [5.41, 5.74) is 5.79. The minimum absolute atomic E-state index is 0.191. The van der Waals surface area contributed by atoms with Crippen LogP contribution < -0.4 is 9.47 Å². The third-order valence-electron chi connectivity index (χ3n) is 10.4. The van der Waals surface area contributed by atoms with Crippen LogP contribution >= 0.6 is 0 Å². The van der Waals surface area contributed by atoms with Crippen LogP contribution in [0.5, 0.6) is 11.5 Å². The van der Waals surface area contributed by atoms with Gasteiger partial charge < -0.3 is 32.8 Å². The Morgan fingerprint density at radius 1 is 0.527 bits per heavy atom. The van der Waals surface area contributed by atoms with E-state index >= 15 is 0 Å². The van der Waals surface area contributed by atoms with E-state index in [2.05, 4.69) is 67.4 Å². The van der Waals surface area contributed by atoms with Crippen LogP contribution in [-0.2, 0) is 25.4 Å². The highest BCUT2D eigenvalue weighted by molar-refractivity contribution is 5.68. The molecule has 2 fully saturated rings. The molecule has 0 amide bonds. The van der Waals surface area contributed by atoms with Gasteiger partial charge in [-0.2, -0.15) is 0 Å². The highest BCUT2D eigenvalue weighted by atomic mass is 16.5. The Bertz CT molecular complexity index is 1700. The monoisotopic (exact) mass is 754 g/mol. The van der Waals surface area contributed by atoms with Gasteiger partial charge in [-0.3, -0.25) is 0 Å². The molecule has 9 nitrogen and oxygen atoms in total. The van der Waals surface area contributed by atoms with Gasteiger partial charge in [-0.15, -0.1) is 10.2 Å². The molecule has 1 aromatic heterocycles. The largest absolute Gasteiger partial charge is 0.493 e. The van der Waals surface area contributed by atoms with Gasteiger partial charge in [0.25, 0.3) is 0 Å². The van der Waals surface area contributed by atoms with Crippen molar-refractivity contribution in [1.29, 1.82) is 0 Å². The van der Waals surface area contributed by atoms with Gasteiger partial charge in [-0.25, -0.2) is 0 Å². The zero-order chi connectivity index (χ0) is 38.2. The number of aromatic nitrogens is 2. The second-order valence-corrected chi connectivity index (χ2v) is 16.2. The molecule has 55 heavy (non-hydrogen) atoms. The van der Waals surface area contributed by atoms with Crippen molar-refractivity contribution in [3.8, 4) is 45.5 Å². The van der Waals surface area contributed by atoms with E-state index in [1.165, 1.54) is 30.4 Å². The second-order valence-electron chi connectivity index (χ2n) is 16.2. The molecule has 2 aliphatic heterocycles. The van der Waals surface area contributed by atoms with Crippen LogP contribution in [0.4, 0.5) is 0 Å². The maximum atomic E-state index is 6.25. The van der Waals surface area contributed by atoms with Gasteiger partial charge in [0.2, 0.25) is 11.8 Å². The normalized spacial score (nSPS) is 15.7. The van der Waals surface area contributed by atoms with Crippen LogP contribution in [0.2, 0.25) is 0 Å². The number of unbranched alkanes of at least 4 members (excludes halogenated alkanes) is 7. The molecule has 0 unspecified atom stereocenters. The molecule has 298 valence electrons. The first-order chi connectivity index (χ1) is 26.9. The van der Waals surface area contributed by atoms with Crippen LogP contribution in [0.1, 0.15) is 90.5 Å². The maximum absolute atomic E-state index is 6.25. The number of aryl methyl sites for hydroxylation is 1. The summed E-state index contributed by atoms with van der Waals surface area (Å²) < 4.78 is 41.1. The number of ether oxygens (including phenoxy) is 6. The van der Waals surface area contributed by atoms with E-state index in [1.54, 1.807) is 0 Å². The number of benzene rings is 3. The molecule has 0 aliphatic carbocycles. The standard InChI is InChI=1S/C46H62N2O7/c1-4-5-9-14-36-15-17-37(18-16-36)38-19-21-39(22-20-38)43-47-48-44(55-43)40-27-41(53-25-12-7-6-10-23-49-30-45(2)32-51-33-45)29-42(28-40)54-26-13-8-11-24-50-31-46(3)34-52-35-46/h15-22,27-29H,4-14,23-26,30-35H2,1-3H3. The lowest BCUT2D eigenvalue weighted by atomic mass is 9.90. The lowest BCUT2D eigenvalue weighted by Crippen LogP contribution is -2.43. The molecule has 0 atom stereocenters. The van der Waals surface area contributed by atoms with E-state index in [9.17, 15) is 0 Å². The average Bonchev–Trinajstić information content (AvgIpc) is 3.68. The van der Waals surface area contributed by atoms with Gasteiger partial charge in [0.05, 0.1) is 52.9 Å². The summed E-state index contributed by atoms with van der Waals surface area (Å²) in [6, 6.07) is 23.1. The van der Waals surface area contributed by atoms with Gasteiger partial charge >= 0.3 is 0 Å². The number of rotatable bonds is 26. The van der Waals surface area contributed by atoms with Crippen LogP contribution in [-0.4, -0.2) is 76.3 Å². The third-order valence-corrected chi connectivity index (χ3v) is 10.4. The molecule has 0 radical (unpaired) electrons. The van der Waals surface area contributed by atoms with E-state index in [0.717, 1.165) is 132 Å². The van der Waals surface area contributed by atoms with Crippen molar-refractivity contribution in [2.45, 2.75) is 91.4 Å². The van der Waals surface area contributed by atoms with E-state index < -0.39 is 0 Å². The second kappa shape index (κ2) is 21.0. The van der Waals surface area contributed by atoms with E-state index in [1.807, 2.05) is 30.3 Å². The molecular weight excluding hydrogens is 693 g/mol. The van der Waals surface area contributed by atoms with E-state index in [0.29, 0.717) is 25.0 Å². The summed E-state index contributed by atoms with van der Waals surface area (Å²) in [5.74, 6) is 2.36. The Balaban J connectivity index is 1.01. The van der Waals surface area contributed by atoms with Crippen molar-refractivity contribution in [3.63, 3.8) is 0 Å². The zero-order valence-corrected chi connectivity index (χ0v) is 33.5. The van der Waals surface area contributed by atoms with Crippen molar-refractivity contribution in [3.05, 3.63) is 72.3 Å². The predicted octanol–water partition coefficient (Wildman–Crippen LogP) is 10.4. The van der Waals surface area contributed by atoms with Crippen LogP contribution in [0.3, 0.4) is 0 Å². The molecule has 0 bridgehead atoms. The smallest absolute Gasteiger partial charge is 0.248 e. The van der Waals surface area contributed by atoms with Crippen LogP contribution in [0.15, 0.2) is 71.1 Å². The Morgan fingerprint density at radius 3 is 1.51 bits per heavy atom. The van der Waals surface area contributed by atoms with E-state index in [-0.39, 0.29) is 10.8 Å². The van der Waals surface area contributed by atoms with Gasteiger partial charge in [0, 0.05) is 41.2 Å². The fraction of sp³-hybridized carbons (Fsp3) is 0.565. The SMILES string of the molecule is CCCCCc1ccc(-c2ccc(-c3nnc(-c4cc(OCCCCCCOCC5(C)COC5)cc(OCCCCCOCC5(C)COC5)c4)o3)cc2)cc1. The minimum Gasteiger partial charge on any atom is -0.493 e. The number of hydrogen-bond donors (Lipinski definition) is 0. The lowest BCUT2D eigenvalue weighted by Gasteiger charge is -2.37. The van der Waals surface area contributed by atoms with Crippen LogP contribution in [0, 0.1) is 10.8 Å². The van der Waals surface area contributed by atoms with Gasteiger partial charge in [-0.05, 0) is 92.3 Å². The van der Waals surface area contributed by atoms with Crippen LogP contribution in [0.25, 0.3) is 34.0 Å². The summed E-state index contributed by atoms with van der Waals surface area (Å²) in [6.07, 6.45) is 12.1. The molecule has 0 spiro atoms. The number of nitrogens with zero attached hydrogens (tertiary/aromatic N) is 2. The van der Waals surface area contributed by atoms with Crippen molar-refractivity contribution in [1.82, 2.24) is 10.2 Å². The molecular formula is C46H62N2O7. The first-order valence-corrected chi connectivity index (χ1v) is 20.7. The summed E-state index contributed by atoms with van der Waals surface area (Å²) in [5, 5.41) is 8.84. The summed E-state index contributed by atoms with van der Waals surface area (Å²) >= 11 is 0. The van der Waals surface area contributed by atoms with Crippen molar-refractivity contribution >= 4 is 0 Å². The van der Waals surface area contributed by atoms with Crippen molar-refractivity contribution in [2.24, 2.45) is 10.8 Å². The molecule has 6 rings (SSSR count).